The van der Waals surface area contributed by atoms with Crippen LogP contribution in [0.2, 0.25) is 0 Å². The Morgan fingerprint density at radius 2 is 1.86 bits per heavy atom. The van der Waals surface area contributed by atoms with Crippen molar-refractivity contribution in [3.8, 4) is 11.5 Å². The van der Waals surface area contributed by atoms with Crippen LogP contribution in [0, 0.1) is 0 Å². The van der Waals surface area contributed by atoms with Gasteiger partial charge in [-0.3, -0.25) is 4.79 Å². The van der Waals surface area contributed by atoms with Gasteiger partial charge in [-0.1, -0.05) is 0 Å². The number of hydrogen-bond acceptors (Lipinski definition) is 4. The summed E-state index contributed by atoms with van der Waals surface area (Å²) in [6.07, 6.45) is 5.13. The summed E-state index contributed by atoms with van der Waals surface area (Å²) in [5.74, 6) is 1.60. The van der Waals surface area contributed by atoms with Gasteiger partial charge in [0.2, 0.25) is 5.91 Å². The molecule has 1 fully saturated rings. The van der Waals surface area contributed by atoms with Crippen LogP contribution in [0.5, 0.6) is 11.5 Å². The quantitative estimate of drug-likeness (QED) is 0.836. The Morgan fingerprint density at radius 3 is 2.64 bits per heavy atom. The lowest BCUT2D eigenvalue weighted by Gasteiger charge is -2.44. The van der Waals surface area contributed by atoms with Gasteiger partial charge >= 0.3 is 0 Å². The largest absolute Gasteiger partial charge is 0.493 e. The van der Waals surface area contributed by atoms with Gasteiger partial charge in [-0.25, -0.2) is 0 Å². The maximum absolute atomic E-state index is 12.4. The molecule has 4 rings (SSSR count). The molecule has 1 atom stereocenters. The molecule has 1 aromatic rings. The molecule has 22 heavy (non-hydrogen) atoms. The van der Waals surface area contributed by atoms with E-state index in [1.165, 1.54) is 5.56 Å². The molecule has 0 aromatic heterocycles. The monoisotopic (exact) mass is 300 g/mol. The zero-order valence-corrected chi connectivity index (χ0v) is 13.0. The van der Waals surface area contributed by atoms with Gasteiger partial charge in [0.05, 0.1) is 19.9 Å². The van der Waals surface area contributed by atoms with E-state index in [1.54, 1.807) is 20.3 Å². The van der Waals surface area contributed by atoms with Crippen molar-refractivity contribution in [3.05, 3.63) is 29.3 Å². The normalized spacial score (nSPS) is 22.7. The molecular formula is C17H20N2O3. The van der Waals surface area contributed by atoms with Crippen molar-refractivity contribution in [1.82, 2.24) is 9.80 Å². The summed E-state index contributed by atoms with van der Waals surface area (Å²) in [7, 11) is 3.29. The fourth-order valence-electron chi connectivity index (χ4n) is 3.88. The van der Waals surface area contributed by atoms with Crippen molar-refractivity contribution in [2.24, 2.45) is 0 Å². The molecule has 1 amide bonds. The number of fused-ring (bicyclic) bond motifs is 5. The maximum atomic E-state index is 12.4. The molecule has 116 valence electrons. The van der Waals surface area contributed by atoms with Gasteiger partial charge in [-0.15, -0.1) is 0 Å². The van der Waals surface area contributed by atoms with Gasteiger partial charge in [0.1, 0.15) is 6.17 Å². The van der Waals surface area contributed by atoms with E-state index in [0.717, 1.165) is 49.4 Å². The lowest BCUT2D eigenvalue weighted by molar-refractivity contribution is -0.130. The van der Waals surface area contributed by atoms with Crippen molar-refractivity contribution < 1.29 is 14.3 Å². The number of rotatable bonds is 2. The molecule has 3 heterocycles. The molecule has 5 nitrogen and oxygen atoms in total. The Labute approximate surface area is 130 Å². The van der Waals surface area contributed by atoms with Gasteiger partial charge in [-0.2, -0.15) is 0 Å². The third-order valence-corrected chi connectivity index (χ3v) is 4.94. The molecule has 3 aliphatic rings. The predicted octanol–water partition coefficient (Wildman–Crippen LogP) is 1.86. The Bertz CT molecular complexity index is 668. The van der Waals surface area contributed by atoms with Crippen molar-refractivity contribution in [3.63, 3.8) is 0 Å². The molecular weight excluding hydrogens is 280 g/mol. The standard InChI is InChI=1S/C17H20N2O3/c1-21-14-8-11-5-7-18-13(12(11)9-15(14)22-2)10-17(20)19-6-3-4-16(18)19/h8-10,16H,3-7H2,1-2H3. The Hall–Kier alpha value is -2.17. The maximum Gasteiger partial charge on any atom is 0.250 e. The predicted molar refractivity (Wildman–Crippen MR) is 82.7 cm³/mol. The first-order valence-corrected chi connectivity index (χ1v) is 7.77. The molecule has 1 saturated heterocycles. The molecule has 0 spiro atoms. The van der Waals surface area contributed by atoms with Gasteiger partial charge in [0, 0.05) is 24.7 Å². The highest BCUT2D eigenvalue weighted by atomic mass is 16.5. The average Bonchev–Trinajstić information content (AvgIpc) is 3.04. The first kappa shape index (κ1) is 13.5. The second-order valence-electron chi connectivity index (χ2n) is 5.99. The third-order valence-electron chi connectivity index (χ3n) is 4.94. The van der Waals surface area contributed by atoms with Gasteiger partial charge < -0.3 is 19.3 Å². The van der Waals surface area contributed by atoms with Gasteiger partial charge in [-0.05, 0) is 37.0 Å². The molecule has 1 unspecified atom stereocenters. The Balaban J connectivity index is 1.83. The highest BCUT2D eigenvalue weighted by Crippen LogP contribution is 2.41. The van der Waals surface area contributed by atoms with E-state index in [-0.39, 0.29) is 12.1 Å². The second kappa shape index (κ2) is 4.93. The summed E-state index contributed by atoms with van der Waals surface area (Å²) in [4.78, 5) is 16.8. The third kappa shape index (κ3) is 1.81. The first-order chi connectivity index (χ1) is 10.7. The van der Waals surface area contributed by atoms with Crippen molar-refractivity contribution in [2.75, 3.05) is 27.3 Å². The molecule has 0 bridgehead atoms. The number of amides is 1. The van der Waals surface area contributed by atoms with Crippen LogP contribution in [0.1, 0.15) is 24.0 Å². The number of carbonyl (C=O) groups excluding carboxylic acids is 1. The van der Waals surface area contributed by atoms with Crippen LogP contribution in [0.25, 0.3) is 5.70 Å². The minimum absolute atomic E-state index is 0.136. The van der Waals surface area contributed by atoms with E-state index in [2.05, 4.69) is 4.90 Å². The SMILES string of the molecule is COc1cc2c(cc1OC)C1=CC(=O)N3CCCC3N1CC2. The van der Waals surface area contributed by atoms with E-state index in [0.29, 0.717) is 5.75 Å². The Kier molecular flexibility index (Phi) is 3.03. The zero-order valence-electron chi connectivity index (χ0n) is 13.0. The summed E-state index contributed by atoms with van der Waals surface area (Å²) in [6, 6.07) is 4.04. The lowest BCUT2D eigenvalue weighted by Crippen LogP contribution is -2.51. The number of benzene rings is 1. The summed E-state index contributed by atoms with van der Waals surface area (Å²) < 4.78 is 10.8. The fraction of sp³-hybridized carbons (Fsp3) is 0.471. The zero-order chi connectivity index (χ0) is 15.3. The number of nitrogens with zero attached hydrogens (tertiary/aromatic N) is 2. The van der Waals surface area contributed by atoms with Crippen LogP contribution in [0.4, 0.5) is 0 Å². The summed E-state index contributed by atoms with van der Waals surface area (Å²) >= 11 is 0. The molecule has 1 aromatic carbocycles. The summed E-state index contributed by atoms with van der Waals surface area (Å²) in [5.41, 5.74) is 3.36. The number of methoxy groups -OCH3 is 2. The van der Waals surface area contributed by atoms with E-state index in [1.807, 2.05) is 17.0 Å². The lowest BCUT2D eigenvalue weighted by atomic mass is 9.93. The number of ether oxygens (including phenoxy) is 2. The van der Waals surface area contributed by atoms with Crippen LogP contribution >= 0.6 is 0 Å². The highest BCUT2D eigenvalue weighted by molar-refractivity contribution is 5.97. The minimum Gasteiger partial charge on any atom is -0.493 e. The molecule has 0 saturated carbocycles. The second-order valence-corrected chi connectivity index (χ2v) is 5.99. The Morgan fingerprint density at radius 1 is 1.09 bits per heavy atom. The first-order valence-electron chi connectivity index (χ1n) is 7.77. The van der Waals surface area contributed by atoms with Crippen molar-refractivity contribution in [2.45, 2.75) is 25.4 Å². The summed E-state index contributed by atoms with van der Waals surface area (Å²) in [5, 5.41) is 0. The van der Waals surface area contributed by atoms with Gasteiger partial charge in [0.25, 0.3) is 0 Å². The van der Waals surface area contributed by atoms with Crippen LogP contribution in [0.15, 0.2) is 18.2 Å². The van der Waals surface area contributed by atoms with E-state index in [4.69, 9.17) is 9.47 Å². The van der Waals surface area contributed by atoms with E-state index < -0.39 is 0 Å². The molecule has 0 aliphatic carbocycles. The average molecular weight is 300 g/mol. The van der Waals surface area contributed by atoms with Crippen molar-refractivity contribution in [1.29, 1.82) is 0 Å². The number of hydrogen-bond donors (Lipinski definition) is 0. The topological polar surface area (TPSA) is 42.0 Å². The molecule has 0 radical (unpaired) electrons. The van der Waals surface area contributed by atoms with Crippen LogP contribution in [-0.2, 0) is 11.2 Å². The molecule has 3 aliphatic heterocycles. The van der Waals surface area contributed by atoms with Gasteiger partial charge in [0.15, 0.2) is 11.5 Å². The van der Waals surface area contributed by atoms with Crippen molar-refractivity contribution >= 4 is 11.6 Å². The van der Waals surface area contributed by atoms with Crippen LogP contribution in [-0.4, -0.2) is 49.2 Å². The van der Waals surface area contributed by atoms with E-state index in [9.17, 15) is 4.79 Å². The highest BCUT2D eigenvalue weighted by Gasteiger charge is 2.40. The van der Waals surface area contributed by atoms with Crippen LogP contribution in [0.3, 0.4) is 0 Å². The fourth-order valence-corrected chi connectivity index (χ4v) is 3.88. The minimum atomic E-state index is 0.136. The smallest absolute Gasteiger partial charge is 0.250 e. The molecule has 0 N–H and O–H groups in total. The number of carbonyl (C=O) groups is 1. The summed E-state index contributed by atoms with van der Waals surface area (Å²) in [6.45, 7) is 1.82. The van der Waals surface area contributed by atoms with Crippen LogP contribution < -0.4 is 9.47 Å². The van der Waals surface area contributed by atoms with E-state index >= 15 is 0 Å². The molecule has 5 heteroatoms.